The number of likely N-dealkylation sites (tertiary alicyclic amines) is 1. The van der Waals surface area contributed by atoms with Gasteiger partial charge in [0.25, 0.3) is 0 Å². The minimum absolute atomic E-state index is 0.216. The summed E-state index contributed by atoms with van der Waals surface area (Å²) >= 11 is 0. The Morgan fingerprint density at radius 2 is 1.91 bits per heavy atom. The number of anilines is 1. The van der Waals surface area contributed by atoms with Crippen molar-refractivity contribution >= 4 is 33.8 Å². The number of ether oxygens (including phenoxy) is 1. The second-order valence-electron chi connectivity index (χ2n) is 8.96. The molecular weight excluding hydrogens is 428 g/mol. The highest BCUT2D eigenvalue weighted by Crippen LogP contribution is 2.28. The van der Waals surface area contributed by atoms with Crippen molar-refractivity contribution < 1.29 is 14.6 Å². The summed E-state index contributed by atoms with van der Waals surface area (Å²) in [7, 11) is 0. The normalized spacial score (nSPS) is 17.3. The highest BCUT2D eigenvalue weighted by atomic mass is 16.7. The third kappa shape index (κ3) is 4.52. The van der Waals surface area contributed by atoms with Gasteiger partial charge in [0.05, 0.1) is 5.52 Å². The summed E-state index contributed by atoms with van der Waals surface area (Å²) in [5.41, 5.74) is 11.4. The van der Waals surface area contributed by atoms with E-state index >= 15 is 0 Å². The van der Waals surface area contributed by atoms with Crippen molar-refractivity contribution in [2.24, 2.45) is 0 Å². The maximum absolute atomic E-state index is 10.8. The minimum atomic E-state index is -1.20. The minimum Gasteiger partial charge on any atom is -0.450 e. The summed E-state index contributed by atoms with van der Waals surface area (Å²) in [5.74, 6) is 0.462. The van der Waals surface area contributed by atoms with Crippen LogP contribution in [-0.4, -0.2) is 45.3 Å². The van der Waals surface area contributed by atoms with Gasteiger partial charge in [0.15, 0.2) is 5.82 Å². The lowest BCUT2D eigenvalue weighted by atomic mass is 10.00. The Labute approximate surface area is 198 Å². The quantitative estimate of drug-likeness (QED) is 0.312. The number of rotatable bonds is 6. The van der Waals surface area contributed by atoms with Crippen LogP contribution >= 0.6 is 0 Å². The highest BCUT2D eigenvalue weighted by Gasteiger charge is 2.29. The SMILES string of the molecule is CC(c1ccc(CCc2cnc3c(N)nc4ccccc4c3c2)cc1)N1CCC(OC(=O)O)C1. The van der Waals surface area contributed by atoms with Crippen molar-refractivity contribution in [3.05, 3.63) is 77.5 Å². The molecule has 4 aromatic rings. The number of nitrogens with two attached hydrogens (primary N) is 1. The van der Waals surface area contributed by atoms with Gasteiger partial charge in [-0.15, -0.1) is 0 Å². The second-order valence-corrected chi connectivity index (χ2v) is 8.96. The predicted molar refractivity (Wildman–Crippen MR) is 133 cm³/mol. The van der Waals surface area contributed by atoms with Crippen LogP contribution in [-0.2, 0) is 17.6 Å². The number of para-hydroxylation sites is 1. The van der Waals surface area contributed by atoms with Crippen molar-refractivity contribution in [2.45, 2.75) is 38.3 Å². The smallest absolute Gasteiger partial charge is 0.450 e. The topological polar surface area (TPSA) is 102 Å². The summed E-state index contributed by atoms with van der Waals surface area (Å²) in [6, 6.07) is 19.1. The summed E-state index contributed by atoms with van der Waals surface area (Å²) < 4.78 is 4.94. The number of nitrogen functional groups attached to an aromatic ring is 1. The van der Waals surface area contributed by atoms with Gasteiger partial charge in [0.2, 0.25) is 0 Å². The van der Waals surface area contributed by atoms with Gasteiger partial charge in [0.1, 0.15) is 11.6 Å². The fourth-order valence-corrected chi connectivity index (χ4v) is 4.84. The molecule has 1 aliphatic heterocycles. The highest BCUT2D eigenvalue weighted by molar-refractivity contribution is 6.08. The van der Waals surface area contributed by atoms with Crippen LogP contribution in [0.4, 0.5) is 10.6 Å². The molecule has 7 nitrogen and oxygen atoms in total. The predicted octanol–water partition coefficient (Wildman–Crippen LogP) is 4.98. The first kappa shape index (κ1) is 22.1. The Balaban J connectivity index is 1.26. The average Bonchev–Trinajstić information content (AvgIpc) is 3.30. The van der Waals surface area contributed by atoms with Gasteiger partial charge in [-0.2, -0.15) is 0 Å². The van der Waals surface area contributed by atoms with Gasteiger partial charge < -0.3 is 15.6 Å². The molecule has 0 bridgehead atoms. The first-order chi connectivity index (χ1) is 16.5. The zero-order valence-corrected chi connectivity index (χ0v) is 19.1. The molecular formula is C27H28N4O3. The van der Waals surface area contributed by atoms with Crippen molar-refractivity contribution in [3.63, 3.8) is 0 Å². The van der Waals surface area contributed by atoms with Crippen LogP contribution in [0.5, 0.6) is 0 Å². The van der Waals surface area contributed by atoms with Crippen LogP contribution in [0.15, 0.2) is 60.8 Å². The summed E-state index contributed by atoms with van der Waals surface area (Å²) in [4.78, 5) is 22.1. The summed E-state index contributed by atoms with van der Waals surface area (Å²) in [6.07, 6.45) is 3.00. The standard InChI is InChI=1S/C27H28N4O3/c1-17(31-13-12-21(16-31)34-27(32)33)20-10-8-18(9-11-20)6-7-19-14-23-22-4-2-3-5-24(22)30-26(28)25(23)29-15-19/h2-5,8-11,14-15,17,21H,6-7,12-13,16H2,1H3,(H2,28,30)(H,32,33). The molecule has 0 amide bonds. The van der Waals surface area contributed by atoms with E-state index in [-0.39, 0.29) is 12.1 Å². The fraction of sp³-hybridized carbons (Fsp3) is 0.296. The molecule has 3 N–H and O–H groups in total. The van der Waals surface area contributed by atoms with Crippen LogP contribution < -0.4 is 5.73 Å². The Kier molecular flexibility index (Phi) is 6.02. The molecule has 0 aliphatic carbocycles. The molecule has 2 aromatic heterocycles. The largest absolute Gasteiger partial charge is 0.506 e. The fourth-order valence-electron chi connectivity index (χ4n) is 4.84. The molecule has 2 atom stereocenters. The molecule has 34 heavy (non-hydrogen) atoms. The Morgan fingerprint density at radius 1 is 1.15 bits per heavy atom. The molecule has 3 heterocycles. The number of aromatic nitrogens is 2. The third-order valence-corrected chi connectivity index (χ3v) is 6.78. The number of benzene rings is 2. The summed E-state index contributed by atoms with van der Waals surface area (Å²) in [6.45, 7) is 3.63. The molecule has 2 unspecified atom stereocenters. The van der Waals surface area contributed by atoms with Gasteiger partial charge in [-0.25, -0.2) is 9.78 Å². The average molecular weight is 457 g/mol. The van der Waals surface area contributed by atoms with E-state index in [4.69, 9.17) is 15.6 Å². The zero-order chi connectivity index (χ0) is 23.7. The Bertz CT molecular complexity index is 1340. The molecule has 1 fully saturated rings. The van der Waals surface area contributed by atoms with E-state index in [1.54, 1.807) is 0 Å². The molecule has 0 radical (unpaired) electrons. The number of aryl methyl sites for hydroxylation is 2. The van der Waals surface area contributed by atoms with E-state index in [2.05, 4.69) is 58.2 Å². The van der Waals surface area contributed by atoms with Crippen molar-refractivity contribution in [1.29, 1.82) is 0 Å². The van der Waals surface area contributed by atoms with Crippen LogP contribution in [0.2, 0.25) is 0 Å². The van der Waals surface area contributed by atoms with E-state index in [0.717, 1.165) is 47.6 Å². The molecule has 174 valence electrons. The van der Waals surface area contributed by atoms with Gasteiger partial charge in [-0.05, 0) is 55.0 Å². The van der Waals surface area contributed by atoms with Gasteiger partial charge in [-0.3, -0.25) is 9.88 Å². The first-order valence-corrected chi connectivity index (χ1v) is 11.6. The van der Waals surface area contributed by atoms with E-state index in [1.807, 2.05) is 24.4 Å². The summed E-state index contributed by atoms with van der Waals surface area (Å²) in [5, 5.41) is 10.9. The van der Waals surface area contributed by atoms with Crippen molar-refractivity contribution in [2.75, 3.05) is 18.8 Å². The number of pyridine rings is 2. The lowest BCUT2D eigenvalue weighted by molar-refractivity contribution is 0.0532. The molecule has 5 rings (SSSR count). The number of fused-ring (bicyclic) bond motifs is 3. The van der Waals surface area contributed by atoms with E-state index in [9.17, 15) is 4.79 Å². The number of hydrogen-bond donors (Lipinski definition) is 2. The van der Waals surface area contributed by atoms with Crippen LogP contribution in [0.25, 0.3) is 21.8 Å². The monoisotopic (exact) mass is 456 g/mol. The molecule has 1 saturated heterocycles. The van der Waals surface area contributed by atoms with Crippen molar-refractivity contribution in [1.82, 2.24) is 14.9 Å². The number of carboxylic acid groups (broad SMARTS) is 1. The van der Waals surface area contributed by atoms with E-state index < -0.39 is 6.16 Å². The Hall–Kier alpha value is -3.71. The molecule has 0 spiro atoms. The lowest BCUT2D eigenvalue weighted by Gasteiger charge is -2.24. The van der Waals surface area contributed by atoms with Crippen LogP contribution in [0, 0.1) is 0 Å². The molecule has 2 aromatic carbocycles. The van der Waals surface area contributed by atoms with E-state index in [0.29, 0.717) is 12.4 Å². The van der Waals surface area contributed by atoms with Crippen LogP contribution in [0.1, 0.15) is 36.1 Å². The molecule has 7 heteroatoms. The maximum atomic E-state index is 10.8. The van der Waals surface area contributed by atoms with Gasteiger partial charge >= 0.3 is 6.16 Å². The first-order valence-electron chi connectivity index (χ1n) is 11.6. The second kappa shape index (κ2) is 9.27. The number of nitrogens with zero attached hydrogens (tertiary/aromatic N) is 3. The van der Waals surface area contributed by atoms with E-state index in [1.165, 1.54) is 16.7 Å². The van der Waals surface area contributed by atoms with Crippen LogP contribution in [0.3, 0.4) is 0 Å². The van der Waals surface area contributed by atoms with Crippen molar-refractivity contribution in [3.8, 4) is 0 Å². The molecule has 1 aliphatic rings. The zero-order valence-electron chi connectivity index (χ0n) is 19.1. The third-order valence-electron chi connectivity index (χ3n) is 6.78. The number of carbonyl (C=O) groups is 1. The lowest BCUT2D eigenvalue weighted by Crippen LogP contribution is -2.27. The Morgan fingerprint density at radius 3 is 2.71 bits per heavy atom. The molecule has 0 saturated carbocycles. The van der Waals surface area contributed by atoms with Gasteiger partial charge in [-0.1, -0.05) is 42.5 Å². The number of hydrogen-bond acceptors (Lipinski definition) is 6. The van der Waals surface area contributed by atoms with Gasteiger partial charge in [0, 0.05) is 36.1 Å². The maximum Gasteiger partial charge on any atom is 0.506 e.